The molecule has 2 N–H and O–H groups in total. The number of carbonyl (C=O) groups excluding carboxylic acids is 1. The van der Waals surface area contributed by atoms with Crippen LogP contribution in [0.2, 0.25) is 0 Å². The molecule has 1 amide bonds. The molecule has 1 heterocycles. The summed E-state index contributed by atoms with van der Waals surface area (Å²) in [4.78, 5) is 22.2. The molecular weight excluding hydrogens is 254 g/mol. The first kappa shape index (κ1) is 16.4. The number of nitrogens with one attached hydrogen (secondary N) is 2. The lowest BCUT2D eigenvalue weighted by Gasteiger charge is -2.10. The fraction of sp³-hybridized carbons (Fsp3) is 0.643. The van der Waals surface area contributed by atoms with Crippen LogP contribution < -0.4 is 10.6 Å². The SMILES string of the molecule is CC(C)CNc1cnc(C(=O)NCCCN(C)C)cn1. The first-order valence-electron chi connectivity index (χ1n) is 6.98. The van der Waals surface area contributed by atoms with E-state index < -0.39 is 0 Å². The van der Waals surface area contributed by atoms with Gasteiger partial charge in [0.2, 0.25) is 0 Å². The summed E-state index contributed by atoms with van der Waals surface area (Å²) in [6.07, 6.45) is 4.02. The Morgan fingerprint density at radius 2 is 2.05 bits per heavy atom. The van der Waals surface area contributed by atoms with Crippen LogP contribution in [0.4, 0.5) is 5.82 Å². The first-order chi connectivity index (χ1) is 9.49. The number of aromatic nitrogens is 2. The first-order valence-corrected chi connectivity index (χ1v) is 6.98. The van der Waals surface area contributed by atoms with E-state index in [9.17, 15) is 4.79 Å². The van der Waals surface area contributed by atoms with Gasteiger partial charge in [-0.05, 0) is 33.0 Å². The number of amides is 1. The van der Waals surface area contributed by atoms with E-state index in [4.69, 9.17) is 0 Å². The maximum atomic E-state index is 11.8. The summed E-state index contributed by atoms with van der Waals surface area (Å²) in [5, 5.41) is 6.00. The highest BCUT2D eigenvalue weighted by Gasteiger charge is 2.07. The lowest BCUT2D eigenvalue weighted by Crippen LogP contribution is -2.28. The van der Waals surface area contributed by atoms with Gasteiger partial charge in [0.25, 0.3) is 5.91 Å². The number of nitrogens with zero attached hydrogens (tertiary/aromatic N) is 3. The largest absolute Gasteiger partial charge is 0.369 e. The molecule has 20 heavy (non-hydrogen) atoms. The molecule has 0 fully saturated rings. The van der Waals surface area contributed by atoms with Crippen LogP contribution in [0, 0.1) is 5.92 Å². The van der Waals surface area contributed by atoms with Crippen molar-refractivity contribution in [1.82, 2.24) is 20.2 Å². The second-order valence-electron chi connectivity index (χ2n) is 5.47. The lowest BCUT2D eigenvalue weighted by molar-refractivity contribution is 0.0947. The molecule has 0 aliphatic carbocycles. The zero-order valence-corrected chi connectivity index (χ0v) is 12.8. The van der Waals surface area contributed by atoms with E-state index in [1.165, 1.54) is 6.20 Å². The normalized spacial score (nSPS) is 10.9. The Kier molecular flexibility index (Phi) is 6.93. The van der Waals surface area contributed by atoms with Crippen molar-refractivity contribution in [3.8, 4) is 0 Å². The van der Waals surface area contributed by atoms with Crippen LogP contribution >= 0.6 is 0 Å². The number of hydrogen-bond acceptors (Lipinski definition) is 5. The van der Waals surface area contributed by atoms with Crippen molar-refractivity contribution in [3.05, 3.63) is 18.1 Å². The second-order valence-corrected chi connectivity index (χ2v) is 5.47. The van der Waals surface area contributed by atoms with Gasteiger partial charge < -0.3 is 15.5 Å². The lowest BCUT2D eigenvalue weighted by atomic mass is 10.2. The van der Waals surface area contributed by atoms with E-state index in [2.05, 4.69) is 39.3 Å². The predicted molar refractivity (Wildman–Crippen MR) is 80.9 cm³/mol. The fourth-order valence-electron chi connectivity index (χ4n) is 1.53. The van der Waals surface area contributed by atoms with E-state index in [0.717, 1.165) is 19.5 Å². The fourth-order valence-corrected chi connectivity index (χ4v) is 1.53. The molecular formula is C14H25N5O. The molecule has 0 aromatic carbocycles. The third-order valence-corrected chi connectivity index (χ3v) is 2.64. The second kappa shape index (κ2) is 8.47. The van der Waals surface area contributed by atoms with Gasteiger partial charge in [-0.25, -0.2) is 9.97 Å². The highest BCUT2D eigenvalue weighted by Crippen LogP contribution is 2.02. The highest BCUT2D eigenvalue weighted by atomic mass is 16.1. The minimum Gasteiger partial charge on any atom is -0.369 e. The van der Waals surface area contributed by atoms with Crippen LogP contribution in [0.5, 0.6) is 0 Å². The molecule has 0 saturated heterocycles. The van der Waals surface area contributed by atoms with Crippen molar-refractivity contribution in [2.75, 3.05) is 39.0 Å². The summed E-state index contributed by atoms with van der Waals surface area (Å²) in [6.45, 7) is 6.67. The van der Waals surface area contributed by atoms with Crippen molar-refractivity contribution < 1.29 is 4.79 Å². The molecule has 6 nitrogen and oxygen atoms in total. The third-order valence-electron chi connectivity index (χ3n) is 2.64. The molecule has 1 aromatic heterocycles. The Bertz CT molecular complexity index is 403. The van der Waals surface area contributed by atoms with E-state index in [0.29, 0.717) is 24.0 Å². The molecule has 0 atom stereocenters. The van der Waals surface area contributed by atoms with Gasteiger partial charge in [-0.3, -0.25) is 4.79 Å². The van der Waals surface area contributed by atoms with Gasteiger partial charge in [-0.1, -0.05) is 13.8 Å². The Labute approximate surface area is 121 Å². The number of hydrogen-bond donors (Lipinski definition) is 2. The van der Waals surface area contributed by atoms with Crippen LogP contribution in [0.15, 0.2) is 12.4 Å². The summed E-state index contributed by atoms with van der Waals surface area (Å²) in [7, 11) is 4.02. The summed E-state index contributed by atoms with van der Waals surface area (Å²) in [6, 6.07) is 0. The van der Waals surface area contributed by atoms with E-state index in [-0.39, 0.29) is 5.91 Å². The minimum absolute atomic E-state index is 0.174. The van der Waals surface area contributed by atoms with Gasteiger partial charge >= 0.3 is 0 Å². The molecule has 0 saturated carbocycles. The van der Waals surface area contributed by atoms with E-state index >= 15 is 0 Å². The average Bonchev–Trinajstić information content (AvgIpc) is 2.41. The van der Waals surface area contributed by atoms with E-state index in [1.54, 1.807) is 6.20 Å². The molecule has 0 aliphatic rings. The molecule has 0 radical (unpaired) electrons. The maximum Gasteiger partial charge on any atom is 0.271 e. The molecule has 1 rings (SSSR count). The zero-order valence-electron chi connectivity index (χ0n) is 12.8. The molecule has 112 valence electrons. The van der Waals surface area contributed by atoms with Crippen molar-refractivity contribution in [2.24, 2.45) is 5.92 Å². The van der Waals surface area contributed by atoms with Crippen LogP contribution in [-0.4, -0.2) is 54.5 Å². The highest BCUT2D eigenvalue weighted by molar-refractivity contribution is 5.91. The number of carbonyl (C=O) groups is 1. The van der Waals surface area contributed by atoms with Crippen LogP contribution in [0.25, 0.3) is 0 Å². The topological polar surface area (TPSA) is 70.2 Å². The predicted octanol–water partition coefficient (Wildman–Crippen LogP) is 1.23. The molecule has 0 unspecified atom stereocenters. The van der Waals surface area contributed by atoms with Crippen LogP contribution in [0.3, 0.4) is 0 Å². The monoisotopic (exact) mass is 279 g/mol. The van der Waals surface area contributed by atoms with Gasteiger partial charge in [0.1, 0.15) is 11.5 Å². The number of rotatable bonds is 8. The Morgan fingerprint density at radius 3 is 2.60 bits per heavy atom. The summed E-state index contributed by atoms with van der Waals surface area (Å²) in [5.74, 6) is 1.06. The molecule has 0 spiro atoms. The third kappa shape index (κ3) is 6.47. The maximum absolute atomic E-state index is 11.8. The minimum atomic E-state index is -0.174. The van der Waals surface area contributed by atoms with Gasteiger partial charge in [-0.15, -0.1) is 0 Å². The van der Waals surface area contributed by atoms with Crippen molar-refractivity contribution in [3.63, 3.8) is 0 Å². The van der Waals surface area contributed by atoms with Gasteiger partial charge in [-0.2, -0.15) is 0 Å². The van der Waals surface area contributed by atoms with Gasteiger partial charge in [0, 0.05) is 13.1 Å². The number of anilines is 1. The molecule has 0 bridgehead atoms. The Balaban J connectivity index is 2.37. The quantitative estimate of drug-likeness (QED) is 0.700. The smallest absolute Gasteiger partial charge is 0.271 e. The Morgan fingerprint density at radius 1 is 1.30 bits per heavy atom. The molecule has 1 aromatic rings. The van der Waals surface area contributed by atoms with Crippen molar-refractivity contribution >= 4 is 11.7 Å². The van der Waals surface area contributed by atoms with Crippen molar-refractivity contribution in [1.29, 1.82) is 0 Å². The van der Waals surface area contributed by atoms with Gasteiger partial charge in [0.05, 0.1) is 12.4 Å². The Hall–Kier alpha value is -1.69. The summed E-state index contributed by atoms with van der Waals surface area (Å²) < 4.78 is 0. The standard InChI is InChI=1S/C14H25N5O/c1-11(2)8-17-13-10-16-12(9-18-13)14(20)15-6-5-7-19(3)4/h9-11H,5-8H2,1-4H3,(H,15,20)(H,17,18). The van der Waals surface area contributed by atoms with E-state index in [1.807, 2.05) is 14.1 Å². The molecule has 0 aliphatic heterocycles. The zero-order chi connectivity index (χ0) is 15.0. The summed E-state index contributed by atoms with van der Waals surface area (Å²) in [5.41, 5.74) is 0.352. The average molecular weight is 279 g/mol. The summed E-state index contributed by atoms with van der Waals surface area (Å²) >= 11 is 0. The van der Waals surface area contributed by atoms with Gasteiger partial charge in [0.15, 0.2) is 0 Å². The molecule has 6 heteroatoms. The van der Waals surface area contributed by atoms with Crippen molar-refractivity contribution in [2.45, 2.75) is 20.3 Å². The van der Waals surface area contributed by atoms with Crippen LogP contribution in [0.1, 0.15) is 30.8 Å². The van der Waals surface area contributed by atoms with Crippen LogP contribution in [-0.2, 0) is 0 Å².